The minimum absolute atomic E-state index is 0.201. The summed E-state index contributed by atoms with van der Waals surface area (Å²) >= 11 is 0. The third-order valence-electron chi connectivity index (χ3n) is 17.7. The van der Waals surface area contributed by atoms with Crippen molar-refractivity contribution in [2.75, 3.05) is 19.8 Å². The second-order valence-electron chi connectivity index (χ2n) is 25.4. The molecule has 83 heavy (non-hydrogen) atoms. The van der Waals surface area contributed by atoms with E-state index < -0.39 is 86.8 Å². The van der Waals surface area contributed by atoms with Crippen molar-refractivity contribution in [3.05, 3.63) is 12.2 Å². The highest BCUT2D eigenvalue weighted by atomic mass is 16.7. The second-order valence-corrected chi connectivity index (χ2v) is 25.4. The van der Waals surface area contributed by atoms with Crippen LogP contribution < -0.4 is 5.32 Å². The average Bonchev–Trinajstić information content (AvgIpc) is 3.47. The van der Waals surface area contributed by atoms with Gasteiger partial charge in [-0.2, -0.15) is 0 Å². The summed E-state index contributed by atoms with van der Waals surface area (Å²) in [5.41, 5.74) is 0. The Morgan fingerprint density at radius 1 is 0.422 bits per heavy atom. The van der Waals surface area contributed by atoms with Gasteiger partial charge in [0, 0.05) is 6.42 Å². The lowest BCUT2D eigenvalue weighted by Gasteiger charge is -2.46. The topological polar surface area (TPSA) is 228 Å². The van der Waals surface area contributed by atoms with Crippen LogP contribution in [0.5, 0.6) is 0 Å². The maximum Gasteiger partial charge on any atom is 0.220 e. The smallest absolute Gasteiger partial charge is 0.220 e. The molecule has 0 saturated carbocycles. The van der Waals surface area contributed by atoms with Crippen molar-refractivity contribution in [2.24, 2.45) is 0 Å². The van der Waals surface area contributed by atoms with Gasteiger partial charge in [0.25, 0.3) is 0 Å². The molecule has 9 N–H and O–H groups in total. The number of aliphatic hydroxyl groups is 8. The van der Waals surface area contributed by atoms with E-state index in [1.54, 1.807) is 0 Å². The standard InChI is InChI=1S/C69H133NO13/c1-3-5-7-9-11-13-15-16-17-18-19-20-21-22-23-24-25-26-27-28-29-30-31-32-33-34-35-36-37-38-39-40-41-42-43-45-47-49-51-53-61(74)70-57(58(73)52-50-48-46-44-14-12-10-8-6-4-2)56-80-68-66(79)64(77)67(60(55-72)82-68)83-69-65(78)63(76)62(75)59(54-71)81-69/h18-19,57-60,62-69,71-73,75-79H,3-17,20-56H2,1-2H3,(H,70,74)/b19-18-. The molecule has 2 rings (SSSR count). The quantitative estimate of drug-likeness (QED) is 0.0204. The summed E-state index contributed by atoms with van der Waals surface area (Å²) < 4.78 is 22.8. The lowest BCUT2D eigenvalue weighted by molar-refractivity contribution is -0.359. The molecule has 14 nitrogen and oxygen atoms in total. The fourth-order valence-corrected chi connectivity index (χ4v) is 12.1. The van der Waals surface area contributed by atoms with Crippen LogP contribution in [0.1, 0.15) is 328 Å². The molecule has 2 fully saturated rings. The number of amides is 1. The molecule has 2 aliphatic heterocycles. The van der Waals surface area contributed by atoms with E-state index in [0.29, 0.717) is 12.8 Å². The van der Waals surface area contributed by atoms with Crippen LogP contribution in [-0.2, 0) is 23.7 Å². The maximum absolute atomic E-state index is 13.3. The van der Waals surface area contributed by atoms with Crippen LogP contribution in [0.2, 0.25) is 0 Å². The summed E-state index contributed by atoms with van der Waals surface area (Å²) in [6, 6.07) is -0.823. The highest BCUT2D eigenvalue weighted by Crippen LogP contribution is 2.30. The zero-order valence-corrected chi connectivity index (χ0v) is 53.5. The van der Waals surface area contributed by atoms with E-state index in [2.05, 4.69) is 31.3 Å². The molecule has 0 bridgehead atoms. The maximum atomic E-state index is 13.3. The summed E-state index contributed by atoms with van der Waals surface area (Å²) in [7, 11) is 0. The third kappa shape index (κ3) is 39.4. The highest BCUT2D eigenvalue weighted by molar-refractivity contribution is 5.76. The van der Waals surface area contributed by atoms with Crippen LogP contribution in [0.4, 0.5) is 0 Å². The van der Waals surface area contributed by atoms with Crippen LogP contribution in [0.3, 0.4) is 0 Å². The average molecular weight is 1180 g/mol. The molecule has 0 spiro atoms. The van der Waals surface area contributed by atoms with Crippen LogP contribution in [0.25, 0.3) is 0 Å². The summed E-state index contributed by atoms with van der Waals surface area (Å²) in [6.07, 6.45) is 50.0. The molecule has 2 aliphatic rings. The molecule has 0 aromatic rings. The molecule has 12 atom stereocenters. The van der Waals surface area contributed by atoms with Gasteiger partial charge in [-0.1, -0.05) is 296 Å². The number of unbranched alkanes of at least 4 members (excludes halogenated alkanes) is 44. The number of carbonyl (C=O) groups excluding carboxylic acids is 1. The van der Waals surface area contributed by atoms with E-state index in [0.717, 1.165) is 51.4 Å². The van der Waals surface area contributed by atoms with E-state index in [9.17, 15) is 45.6 Å². The van der Waals surface area contributed by atoms with Gasteiger partial charge in [0.2, 0.25) is 5.91 Å². The molecular formula is C69H133NO13. The molecular weight excluding hydrogens is 1050 g/mol. The first-order valence-corrected chi connectivity index (χ1v) is 35.4. The highest BCUT2D eigenvalue weighted by Gasteiger charge is 2.51. The Morgan fingerprint density at radius 3 is 1.14 bits per heavy atom. The van der Waals surface area contributed by atoms with E-state index in [-0.39, 0.29) is 12.5 Å². The first-order chi connectivity index (χ1) is 40.6. The molecule has 0 radical (unpaired) electrons. The van der Waals surface area contributed by atoms with E-state index in [4.69, 9.17) is 18.9 Å². The normalized spacial score (nSPS) is 23.8. The number of allylic oxidation sites excluding steroid dienone is 2. The third-order valence-corrected chi connectivity index (χ3v) is 17.7. The van der Waals surface area contributed by atoms with Crippen molar-refractivity contribution >= 4 is 5.91 Å². The molecule has 12 unspecified atom stereocenters. The Labute approximate surface area is 507 Å². The molecule has 1 amide bonds. The van der Waals surface area contributed by atoms with E-state index >= 15 is 0 Å². The summed E-state index contributed by atoms with van der Waals surface area (Å²) in [4.78, 5) is 13.3. The molecule has 14 heteroatoms. The van der Waals surface area contributed by atoms with Crippen LogP contribution in [0, 0.1) is 0 Å². The van der Waals surface area contributed by atoms with Gasteiger partial charge < -0.3 is 65.1 Å². The van der Waals surface area contributed by atoms with Gasteiger partial charge in [-0.15, -0.1) is 0 Å². The van der Waals surface area contributed by atoms with Gasteiger partial charge >= 0.3 is 0 Å². The number of carbonyl (C=O) groups is 1. The first kappa shape index (κ1) is 77.8. The van der Waals surface area contributed by atoms with Crippen molar-refractivity contribution in [3.63, 3.8) is 0 Å². The summed E-state index contributed by atoms with van der Waals surface area (Å²) in [6.45, 7) is 2.87. The van der Waals surface area contributed by atoms with Crippen molar-refractivity contribution in [1.82, 2.24) is 5.32 Å². The molecule has 492 valence electrons. The summed E-state index contributed by atoms with van der Waals surface area (Å²) in [5, 5.41) is 87.2. The van der Waals surface area contributed by atoms with Gasteiger partial charge in [-0.3, -0.25) is 4.79 Å². The number of hydrogen-bond acceptors (Lipinski definition) is 13. The zero-order chi connectivity index (χ0) is 60.2. The number of ether oxygens (including phenoxy) is 4. The Bertz CT molecular complexity index is 1440. The molecule has 0 aromatic heterocycles. The number of nitrogens with one attached hydrogen (secondary N) is 1. The molecule has 2 saturated heterocycles. The van der Waals surface area contributed by atoms with Gasteiger partial charge in [0.15, 0.2) is 12.6 Å². The van der Waals surface area contributed by atoms with Crippen LogP contribution in [-0.4, -0.2) is 140 Å². The van der Waals surface area contributed by atoms with Gasteiger partial charge in [0.1, 0.15) is 48.8 Å². The molecule has 0 aromatic carbocycles. The lowest BCUT2D eigenvalue weighted by atomic mass is 9.97. The Kier molecular flexibility index (Phi) is 51.4. The second kappa shape index (κ2) is 54.8. The predicted octanol–water partition coefficient (Wildman–Crippen LogP) is 14.2. The van der Waals surface area contributed by atoms with E-state index in [1.165, 1.54) is 250 Å². The van der Waals surface area contributed by atoms with Gasteiger partial charge in [0.05, 0.1) is 32.0 Å². The lowest BCUT2D eigenvalue weighted by Crippen LogP contribution is -2.65. The fourth-order valence-electron chi connectivity index (χ4n) is 12.1. The van der Waals surface area contributed by atoms with Crippen molar-refractivity contribution in [1.29, 1.82) is 0 Å². The predicted molar refractivity (Wildman–Crippen MR) is 337 cm³/mol. The van der Waals surface area contributed by atoms with Gasteiger partial charge in [-0.05, 0) is 38.5 Å². The largest absolute Gasteiger partial charge is 0.394 e. The van der Waals surface area contributed by atoms with E-state index in [1.807, 2.05) is 0 Å². The first-order valence-electron chi connectivity index (χ1n) is 35.4. The summed E-state index contributed by atoms with van der Waals surface area (Å²) in [5.74, 6) is -0.201. The van der Waals surface area contributed by atoms with Gasteiger partial charge in [-0.25, -0.2) is 0 Å². The van der Waals surface area contributed by atoms with Crippen LogP contribution in [0.15, 0.2) is 12.2 Å². The fraction of sp³-hybridized carbons (Fsp3) is 0.957. The Morgan fingerprint density at radius 2 is 0.759 bits per heavy atom. The number of rotatable bonds is 59. The van der Waals surface area contributed by atoms with Crippen molar-refractivity contribution in [3.8, 4) is 0 Å². The minimum Gasteiger partial charge on any atom is -0.394 e. The Balaban J connectivity index is 1.50. The number of aliphatic hydroxyl groups excluding tert-OH is 8. The van der Waals surface area contributed by atoms with Crippen molar-refractivity contribution < 1.29 is 64.6 Å². The Hall–Kier alpha value is -1.27. The van der Waals surface area contributed by atoms with Crippen molar-refractivity contribution in [2.45, 2.75) is 402 Å². The zero-order valence-electron chi connectivity index (χ0n) is 53.5. The number of hydrogen-bond donors (Lipinski definition) is 9. The molecule has 0 aliphatic carbocycles. The minimum atomic E-state index is -1.78. The molecule has 2 heterocycles. The SMILES string of the molecule is CCCCCCCCCC/C=C\CCCCCCCCCCCCCCCCCCCCCCCCCCCCCC(=O)NC(COC1OC(CO)C(OC2OC(CO)C(O)C(O)C2O)C(O)C1O)C(O)CCCCCCCCCCCC. The van der Waals surface area contributed by atoms with Crippen LogP contribution >= 0.6 is 0 Å². The monoisotopic (exact) mass is 1180 g/mol.